The van der Waals surface area contributed by atoms with Crippen LogP contribution in [0.4, 0.5) is 4.79 Å². The molecule has 0 aromatic rings. The second-order valence-electron chi connectivity index (χ2n) is 2.25. The van der Waals surface area contributed by atoms with Crippen LogP contribution in [0.5, 0.6) is 0 Å². The van der Waals surface area contributed by atoms with Crippen LogP contribution in [0.3, 0.4) is 0 Å². The first-order chi connectivity index (χ1) is 4.61. The van der Waals surface area contributed by atoms with Gasteiger partial charge in [-0.25, -0.2) is 9.59 Å². The summed E-state index contributed by atoms with van der Waals surface area (Å²) in [7, 11) is 0. The Balaban J connectivity index is 2.95. The topological polar surface area (TPSA) is 62.8 Å². The smallest absolute Gasteiger partial charge is 0.278 e. The minimum absolute atomic E-state index is 0.193. The molecule has 3 amide bonds. The molecule has 0 saturated heterocycles. The molecule has 0 aromatic carbocycles. The molecule has 0 fully saturated rings. The fourth-order valence-corrected chi connectivity index (χ4v) is 0.727. The first-order valence-electron chi connectivity index (χ1n) is 2.99. The second-order valence-corrected chi connectivity index (χ2v) is 2.25. The minimum atomic E-state index is -0.326. The van der Waals surface area contributed by atoms with Crippen molar-refractivity contribution in [3.63, 3.8) is 0 Å². The summed E-state index contributed by atoms with van der Waals surface area (Å²) in [4.78, 5) is 21.4. The summed E-state index contributed by atoms with van der Waals surface area (Å²) in [5.41, 5.74) is 1.26. The summed E-state index contributed by atoms with van der Waals surface area (Å²) in [6.07, 6.45) is 0. The highest BCUT2D eigenvalue weighted by Crippen LogP contribution is 1.99. The van der Waals surface area contributed by atoms with Crippen LogP contribution < -0.4 is 10.6 Å². The van der Waals surface area contributed by atoms with Crippen LogP contribution in [0.1, 0.15) is 13.8 Å². The van der Waals surface area contributed by atoms with Gasteiger partial charge in [0.15, 0.2) is 0 Å². The molecular weight excluding hydrogens is 132 g/mol. The van der Waals surface area contributed by atoms with Crippen molar-refractivity contribution in [2.45, 2.75) is 13.8 Å². The Morgan fingerprint density at radius 3 is 2.40 bits per heavy atom. The van der Waals surface area contributed by atoms with Gasteiger partial charge in [0.05, 0.1) is 5.57 Å². The molecule has 1 heterocycles. The second kappa shape index (κ2) is 2.22. The molecular formula is C6H9N2O2+. The largest absolute Gasteiger partial charge is 0.425 e. The summed E-state index contributed by atoms with van der Waals surface area (Å²) in [6.45, 7) is 3.39. The van der Waals surface area contributed by atoms with E-state index < -0.39 is 0 Å². The lowest BCUT2D eigenvalue weighted by Crippen LogP contribution is -2.95. The first-order valence-corrected chi connectivity index (χ1v) is 2.99. The number of quaternary nitrogens is 1. The molecule has 1 aliphatic heterocycles. The number of primary amides is 2. The molecule has 0 unspecified atom stereocenters. The average Bonchev–Trinajstić information content (AvgIpc) is 1.82. The van der Waals surface area contributed by atoms with Crippen molar-refractivity contribution in [1.29, 1.82) is 0 Å². The Morgan fingerprint density at radius 2 is 1.90 bits per heavy atom. The van der Waals surface area contributed by atoms with E-state index in [0.29, 0.717) is 11.3 Å². The average molecular weight is 141 g/mol. The lowest BCUT2D eigenvalue weighted by molar-refractivity contribution is -0.468. The Labute approximate surface area is 58.3 Å². The van der Waals surface area contributed by atoms with Crippen LogP contribution in [0.15, 0.2) is 11.3 Å². The lowest BCUT2D eigenvalue weighted by atomic mass is 10.2. The third kappa shape index (κ3) is 1.06. The maximum atomic E-state index is 10.8. The monoisotopic (exact) mass is 141 g/mol. The van der Waals surface area contributed by atoms with E-state index in [1.807, 2.05) is 0 Å². The number of hydrogen-bond donors (Lipinski definition) is 2. The van der Waals surface area contributed by atoms with E-state index in [4.69, 9.17) is 0 Å². The molecule has 0 aliphatic carbocycles. The third-order valence-electron chi connectivity index (χ3n) is 1.50. The van der Waals surface area contributed by atoms with Crippen molar-refractivity contribution in [2.24, 2.45) is 0 Å². The highest BCUT2D eigenvalue weighted by Gasteiger charge is 2.23. The van der Waals surface area contributed by atoms with Gasteiger partial charge < -0.3 is 0 Å². The molecule has 10 heavy (non-hydrogen) atoms. The number of nitrogens with two attached hydrogens (primary N) is 1. The predicted molar refractivity (Wildman–Crippen MR) is 33.8 cm³/mol. The number of hydrogen-bond acceptors (Lipinski definition) is 2. The fraction of sp³-hybridized carbons (Fsp3) is 0.333. The lowest BCUT2D eigenvalue weighted by Gasteiger charge is -2.09. The number of allylic oxidation sites excluding steroid dienone is 1. The molecule has 4 nitrogen and oxygen atoms in total. The van der Waals surface area contributed by atoms with Crippen LogP contribution in [0.25, 0.3) is 0 Å². The molecule has 3 N–H and O–H groups in total. The zero-order valence-corrected chi connectivity index (χ0v) is 5.89. The molecule has 0 radical (unpaired) electrons. The van der Waals surface area contributed by atoms with Crippen LogP contribution in [-0.4, -0.2) is 11.9 Å². The quantitative estimate of drug-likeness (QED) is 0.459. The van der Waals surface area contributed by atoms with Crippen molar-refractivity contribution in [1.82, 2.24) is 5.32 Å². The van der Waals surface area contributed by atoms with Gasteiger partial charge >= 0.3 is 11.9 Å². The number of carbonyl (C=O) groups is 2. The molecule has 1 rings (SSSR count). The van der Waals surface area contributed by atoms with Crippen molar-refractivity contribution in [2.75, 3.05) is 0 Å². The molecule has 0 atom stereocenters. The molecule has 4 heteroatoms. The Bertz CT molecular complexity index is 230. The van der Waals surface area contributed by atoms with E-state index in [2.05, 4.69) is 5.32 Å². The summed E-state index contributed by atoms with van der Waals surface area (Å²) < 4.78 is 0. The zero-order chi connectivity index (χ0) is 7.72. The Kier molecular flexibility index (Phi) is 1.55. The summed E-state index contributed by atoms with van der Waals surface area (Å²) in [5, 5.41) is 3.58. The maximum Gasteiger partial charge on any atom is 0.425 e. The van der Waals surface area contributed by atoms with Crippen LogP contribution >= 0.6 is 0 Å². The summed E-state index contributed by atoms with van der Waals surface area (Å²) >= 11 is 0. The molecule has 0 spiro atoms. The number of amides is 3. The van der Waals surface area contributed by atoms with Gasteiger partial charge in [-0.1, -0.05) is 0 Å². The van der Waals surface area contributed by atoms with Crippen molar-refractivity contribution in [3.05, 3.63) is 11.3 Å². The molecule has 54 valence electrons. The van der Waals surface area contributed by atoms with Crippen LogP contribution in [0, 0.1) is 0 Å². The van der Waals surface area contributed by atoms with E-state index >= 15 is 0 Å². The minimum Gasteiger partial charge on any atom is -0.278 e. The highest BCUT2D eigenvalue weighted by atomic mass is 16.2. The van der Waals surface area contributed by atoms with Gasteiger partial charge in [0.2, 0.25) is 0 Å². The van der Waals surface area contributed by atoms with Crippen molar-refractivity contribution >= 4 is 11.9 Å². The SMILES string of the molecule is CC1=C(C)C(=O)[NH2+]C(=O)N1. The highest BCUT2D eigenvalue weighted by molar-refractivity contribution is 5.94. The van der Waals surface area contributed by atoms with Gasteiger partial charge in [0.1, 0.15) is 0 Å². The van der Waals surface area contributed by atoms with Gasteiger partial charge in [-0.05, 0) is 13.8 Å². The van der Waals surface area contributed by atoms with E-state index in [1.54, 1.807) is 13.8 Å². The number of imide groups is 1. The van der Waals surface area contributed by atoms with E-state index in [9.17, 15) is 9.59 Å². The number of urea groups is 1. The predicted octanol–water partition coefficient (Wildman–Crippen LogP) is -0.906. The molecule has 0 saturated carbocycles. The third-order valence-corrected chi connectivity index (χ3v) is 1.50. The van der Waals surface area contributed by atoms with E-state index in [1.165, 1.54) is 0 Å². The standard InChI is InChI=1S/C6H8N2O2/c1-3-4(2)7-6(10)8-5(3)9/h1-2H3,(H2,7,8,9,10)/p+1. The van der Waals surface area contributed by atoms with Gasteiger partial charge in [0.25, 0.3) is 0 Å². The van der Waals surface area contributed by atoms with Crippen molar-refractivity contribution < 1.29 is 14.9 Å². The first kappa shape index (κ1) is 6.95. The Hall–Kier alpha value is -1.16. The molecule has 1 aliphatic rings. The van der Waals surface area contributed by atoms with Crippen molar-refractivity contribution in [3.8, 4) is 0 Å². The van der Waals surface area contributed by atoms with Gasteiger partial charge in [-0.3, -0.25) is 5.32 Å². The zero-order valence-electron chi connectivity index (χ0n) is 5.89. The molecule has 0 bridgehead atoms. The van der Waals surface area contributed by atoms with E-state index in [0.717, 1.165) is 5.32 Å². The van der Waals surface area contributed by atoms with Gasteiger partial charge in [0, 0.05) is 5.70 Å². The summed E-state index contributed by atoms with van der Waals surface area (Å²) in [6, 6.07) is -0.326. The fourth-order valence-electron chi connectivity index (χ4n) is 0.727. The van der Waals surface area contributed by atoms with Crippen LogP contribution in [-0.2, 0) is 4.79 Å². The number of carbonyl (C=O) groups excluding carboxylic acids is 2. The van der Waals surface area contributed by atoms with E-state index in [-0.39, 0.29) is 11.9 Å². The van der Waals surface area contributed by atoms with Gasteiger partial charge in [-0.2, -0.15) is 5.32 Å². The van der Waals surface area contributed by atoms with Crippen LogP contribution in [0.2, 0.25) is 0 Å². The maximum absolute atomic E-state index is 10.8. The van der Waals surface area contributed by atoms with Gasteiger partial charge in [-0.15, -0.1) is 0 Å². The normalized spacial score (nSPS) is 19.4. The Morgan fingerprint density at radius 1 is 1.30 bits per heavy atom. The molecule has 0 aromatic heterocycles. The number of nitrogens with one attached hydrogen (secondary N) is 1. The summed E-state index contributed by atoms with van der Waals surface area (Å²) in [5.74, 6) is -0.193. The number of rotatable bonds is 0.